The fourth-order valence-corrected chi connectivity index (χ4v) is 2.15. The summed E-state index contributed by atoms with van der Waals surface area (Å²) in [5, 5.41) is 0. The SMILES string of the molecule is Cc1ccc(C(N)c2cccc(C(F)(F)F)c2F)cc1C. The van der Waals surface area contributed by atoms with Gasteiger partial charge in [-0.25, -0.2) is 4.39 Å². The van der Waals surface area contributed by atoms with Gasteiger partial charge in [-0.05, 0) is 36.6 Å². The minimum atomic E-state index is -4.73. The Morgan fingerprint density at radius 3 is 2.24 bits per heavy atom. The smallest absolute Gasteiger partial charge is 0.320 e. The maximum Gasteiger partial charge on any atom is 0.419 e. The van der Waals surface area contributed by atoms with Crippen LogP contribution in [0.15, 0.2) is 36.4 Å². The van der Waals surface area contributed by atoms with Crippen molar-refractivity contribution in [2.75, 3.05) is 0 Å². The zero-order chi connectivity index (χ0) is 15.8. The standard InChI is InChI=1S/C16H15F4N/c1-9-6-7-11(8-10(9)2)15(21)12-4-3-5-13(14(12)17)16(18,19)20/h3-8,15H,21H2,1-2H3. The largest absolute Gasteiger partial charge is 0.419 e. The highest BCUT2D eigenvalue weighted by Gasteiger charge is 2.35. The Balaban J connectivity index is 2.48. The summed E-state index contributed by atoms with van der Waals surface area (Å²) < 4.78 is 52.3. The summed E-state index contributed by atoms with van der Waals surface area (Å²) >= 11 is 0. The first-order valence-electron chi connectivity index (χ1n) is 6.40. The van der Waals surface area contributed by atoms with Gasteiger partial charge >= 0.3 is 6.18 Å². The van der Waals surface area contributed by atoms with E-state index in [1.807, 2.05) is 19.9 Å². The van der Waals surface area contributed by atoms with Crippen molar-refractivity contribution in [1.29, 1.82) is 0 Å². The summed E-state index contributed by atoms with van der Waals surface area (Å²) in [6.07, 6.45) is -4.73. The van der Waals surface area contributed by atoms with Gasteiger partial charge in [-0.3, -0.25) is 0 Å². The van der Waals surface area contributed by atoms with Gasteiger partial charge in [0, 0.05) is 5.56 Å². The lowest BCUT2D eigenvalue weighted by atomic mass is 9.94. The Labute approximate surface area is 120 Å². The molecule has 0 heterocycles. The van der Waals surface area contributed by atoms with E-state index in [-0.39, 0.29) is 5.56 Å². The van der Waals surface area contributed by atoms with Crippen molar-refractivity contribution in [2.24, 2.45) is 5.73 Å². The van der Waals surface area contributed by atoms with Crippen molar-refractivity contribution >= 4 is 0 Å². The molecule has 2 aromatic rings. The van der Waals surface area contributed by atoms with Gasteiger partial charge in [-0.15, -0.1) is 0 Å². The molecule has 112 valence electrons. The molecule has 1 atom stereocenters. The summed E-state index contributed by atoms with van der Waals surface area (Å²) in [5.74, 6) is -1.31. The second-order valence-electron chi connectivity index (χ2n) is 5.03. The molecule has 0 saturated carbocycles. The fraction of sp³-hybridized carbons (Fsp3) is 0.250. The molecule has 2 aromatic carbocycles. The third-order valence-corrected chi connectivity index (χ3v) is 3.56. The van der Waals surface area contributed by atoms with E-state index in [1.165, 1.54) is 12.1 Å². The van der Waals surface area contributed by atoms with Crippen molar-refractivity contribution in [3.63, 3.8) is 0 Å². The summed E-state index contributed by atoms with van der Waals surface area (Å²) in [5.41, 5.74) is 7.06. The molecule has 21 heavy (non-hydrogen) atoms. The van der Waals surface area contributed by atoms with E-state index in [9.17, 15) is 17.6 Å². The number of halogens is 4. The molecule has 2 rings (SSSR count). The molecule has 0 saturated heterocycles. The lowest BCUT2D eigenvalue weighted by Gasteiger charge is -2.17. The van der Waals surface area contributed by atoms with E-state index in [1.54, 1.807) is 12.1 Å². The second-order valence-corrected chi connectivity index (χ2v) is 5.03. The van der Waals surface area contributed by atoms with Crippen LogP contribution in [0.5, 0.6) is 0 Å². The average Bonchev–Trinajstić information content (AvgIpc) is 2.40. The summed E-state index contributed by atoms with van der Waals surface area (Å²) in [7, 11) is 0. The Hall–Kier alpha value is -1.88. The zero-order valence-electron chi connectivity index (χ0n) is 11.6. The van der Waals surface area contributed by atoms with Gasteiger partial charge in [0.25, 0.3) is 0 Å². The molecule has 0 bridgehead atoms. The Morgan fingerprint density at radius 2 is 1.67 bits per heavy atom. The molecule has 0 amide bonds. The van der Waals surface area contributed by atoms with E-state index < -0.39 is 23.6 Å². The topological polar surface area (TPSA) is 26.0 Å². The normalized spacial score (nSPS) is 13.3. The van der Waals surface area contributed by atoms with Crippen LogP contribution in [-0.2, 0) is 6.18 Å². The van der Waals surface area contributed by atoms with Gasteiger partial charge < -0.3 is 5.73 Å². The molecule has 0 aliphatic heterocycles. The highest BCUT2D eigenvalue weighted by Crippen LogP contribution is 2.34. The number of nitrogens with two attached hydrogens (primary N) is 1. The van der Waals surface area contributed by atoms with Crippen LogP contribution in [0.3, 0.4) is 0 Å². The van der Waals surface area contributed by atoms with Crippen molar-refractivity contribution in [1.82, 2.24) is 0 Å². The van der Waals surface area contributed by atoms with Gasteiger partial charge in [0.2, 0.25) is 0 Å². The number of hydrogen-bond acceptors (Lipinski definition) is 1. The summed E-state index contributed by atoms with van der Waals surface area (Å²) in [4.78, 5) is 0. The number of hydrogen-bond donors (Lipinski definition) is 1. The molecule has 0 aliphatic carbocycles. The van der Waals surface area contributed by atoms with E-state index in [0.29, 0.717) is 11.6 Å². The first-order chi connectivity index (χ1) is 9.71. The first kappa shape index (κ1) is 15.5. The molecule has 1 unspecified atom stereocenters. The van der Waals surface area contributed by atoms with Crippen LogP contribution in [0.4, 0.5) is 17.6 Å². The monoisotopic (exact) mass is 297 g/mol. The number of benzene rings is 2. The lowest BCUT2D eigenvalue weighted by molar-refractivity contribution is -0.140. The van der Waals surface area contributed by atoms with Gasteiger partial charge in [0.05, 0.1) is 11.6 Å². The maximum atomic E-state index is 14.1. The van der Waals surface area contributed by atoms with Crippen molar-refractivity contribution in [3.05, 3.63) is 70.0 Å². The van der Waals surface area contributed by atoms with E-state index in [2.05, 4.69) is 0 Å². The van der Waals surface area contributed by atoms with Crippen LogP contribution in [0.2, 0.25) is 0 Å². The minimum absolute atomic E-state index is 0.159. The summed E-state index contributed by atoms with van der Waals surface area (Å²) in [6, 6.07) is 7.51. The molecule has 1 nitrogen and oxygen atoms in total. The van der Waals surface area contributed by atoms with Crippen LogP contribution in [0.1, 0.15) is 33.9 Å². The van der Waals surface area contributed by atoms with E-state index in [0.717, 1.165) is 11.1 Å². The van der Waals surface area contributed by atoms with E-state index in [4.69, 9.17) is 5.73 Å². The molecular formula is C16H15F4N. The zero-order valence-corrected chi connectivity index (χ0v) is 11.6. The van der Waals surface area contributed by atoms with E-state index >= 15 is 0 Å². The van der Waals surface area contributed by atoms with Gasteiger partial charge in [0.15, 0.2) is 0 Å². The second kappa shape index (κ2) is 5.48. The molecular weight excluding hydrogens is 282 g/mol. The third kappa shape index (κ3) is 3.08. The highest BCUT2D eigenvalue weighted by molar-refractivity contribution is 5.39. The van der Waals surface area contributed by atoms with Gasteiger partial charge in [-0.2, -0.15) is 13.2 Å². The Bertz CT molecular complexity index is 662. The van der Waals surface area contributed by atoms with Crippen LogP contribution in [0, 0.1) is 19.7 Å². The maximum absolute atomic E-state index is 14.1. The van der Waals surface area contributed by atoms with Crippen molar-refractivity contribution in [2.45, 2.75) is 26.1 Å². The molecule has 2 N–H and O–H groups in total. The van der Waals surface area contributed by atoms with Gasteiger partial charge in [-0.1, -0.05) is 30.3 Å². The molecule has 0 aliphatic rings. The minimum Gasteiger partial charge on any atom is -0.320 e. The molecule has 0 spiro atoms. The summed E-state index contributed by atoms with van der Waals surface area (Å²) in [6.45, 7) is 3.78. The molecule has 0 aromatic heterocycles. The molecule has 0 fully saturated rings. The molecule has 5 heteroatoms. The third-order valence-electron chi connectivity index (χ3n) is 3.56. The average molecular weight is 297 g/mol. The number of alkyl halides is 3. The Morgan fingerprint density at radius 1 is 1.00 bits per heavy atom. The van der Waals surface area contributed by atoms with Crippen LogP contribution < -0.4 is 5.73 Å². The highest BCUT2D eigenvalue weighted by atomic mass is 19.4. The first-order valence-corrected chi connectivity index (χ1v) is 6.40. The number of rotatable bonds is 2. The quantitative estimate of drug-likeness (QED) is 0.811. The van der Waals surface area contributed by atoms with Crippen molar-refractivity contribution in [3.8, 4) is 0 Å². The van der Waals surface area contributed by atoms with Crippen molar-refractivity contribution < 1.29 is 17.6 Å². The van der Waals surface area contributed by atoms with Crippen LogP contribution in [-0.4, -0.2) is 0 Å². The predicted octanol–water partition coefficient (Wildman–Crippen LogP) is 4.51. The fourth-order valence-electron chi connectivity index (χ4n) is 2.15. The van der Waals surface area contributed by atoms with Crippen LogP contribution >= 0.6 is 0 Å². The van der Waals surface area contributed by atoms with Gasteiger partial charge in [0.1, 0.15) is 5.82 Å². The predicted molar refractivity (Wildman–Crippen MR) is 73.3 cm³/mol. The van der Waals surface area contributed by atoms with Crippen LogP contribution in [0.25, 0.3) is 0 Å². The number of aryl methyl sites for hydroxylation is 2. The molecule has 0 radical (unpaired) electrons. The Kier molecular flexibility index (Phi) is 4.05. The lowest BCUT2D eigenvalue weighted by Crippen LogP contribution is -2.17.